The summed E-state index contributed by atoms with van der Waals surface area (Å²) in [5, 5.41) is 1.02. The van der Waals surface area contributed by atoms with Crippen molar-refractivity contribution in [3.8, 4) is 11.5 Å². The lowest BCUT2D eigenvalue weighted by molar-refractivity contribution is 0.386. The molecule has 7 heteroatoms. The van der Waals surface area contributed by atoms with Crippen molar-refractivity contribution >= 4 is 20.9 Å². The zero-order valence-corrected chi connectivity index (χ0v) is 15.1. The molecule has 0 aliphatic heterocycles. The molecule has 3 rings (SSSR count). The van der Waals surface area contributed by atoms with Crippen molar-refractivity contribution in [1.82, 2.24) is 9.29 Å². The fourth-order valence-electron chi connectivity index (χ4n) is 2.81. The molecule has 0 bridgehead atoms. The summed E-state index contributed by atoms with van der Waals surface area (Å²) in [6, 6.07) is 12.5. The Morgan fingerprint density at radius 2 is 1.84 bits per heavy atom. The maximum absolute atomic E-state index is 12.7. The van der Waals surface area contributed by atoms with Crippen LogP contribution in [0.15, 0.2) is 53.6 Å². The van der Waals surface area contributed by atoms with Crippen LogP contribution in [0.25, 0.3) is 10.9 Å². The minimum Gasteiger partial charge on any atom is -0.497 e. The van der Waals surface area contributed by atoms with Crippen LogP contribution in [0.2, 0.25) is 0 Å². The van der Waals surface area contributed by atoms with E-state index in [0.29, 0.717) is 5.75 Å². The molecule has 0 spiro atoms. The minimum absolute atomic E-state index is 0.0797. The highest BCUT2D eigenvalue weighted by atomic mass is 32.2. The Hall–Kier alpha value is -2.51. The smallest absolute Gasteiger partial charge is 0.244 e. The molecule has 2 aromatic carbocycles. The van der Waals surface area contributed by atoms with Crippen molar-refractivity contribution in [3.63, 3.8) is 0 Å². The van der Waals surface area contributed by atoms with Gasteiger partial charge in [-0.15, -0.1) is 0 Å². The van der Waals surface area contributed by atoms with E-state index in [-0.39, 0.29) is 17.2 Å². The summed E-state index contributed by atoms with van der Waals surface area (Å²) in [4.78, 5) is 0.0797. The number of nitrogens with zero attached hydrogens (tertiary/aromatic N) is 1. The quantitative estimate of drug-likeness (QED) is 0.734. The van der Waals surface area contributed by atoms with E-state index in [1.165, 1.54) is 20.3 Å². The number of benzene rings is 2. The van der Waals surface area contributed by atoms with E-state index in [0.717, 1.165) is 16.5 Å². The van der Waals surface area contributed by atoms with E-state index in [4.69, 9.17) is 9.47 Å². The van der Waals surface area contributed by atoms with Gasteiger partial charge in [-0.25, -0.2) is 13.1 Å². The van der Waals surface area contributed by atoms with E-state index < -0.39 is 10.0 Å². The molecule has 132 valence electrons. The van der Waals surface area contributed by atoms with Crippen molar-refractivity contribution in [2.24, 2.45) is 7.05 Å². The third-order valence-corrected chi connectivity index (χ3v) is 5.53. The van der Waals surface area contributed by atoms with Crippen LogP contribution in [0.4, 0.5) is 0 Å². The summed E-state index contributed by atoms with van der Waals surface area (Å²) in [7, 11) is 1.16. The third kappa shape index (κ3) is 3.33. The SMILES string of the molecule is COc1ccc(S(=O)(=O)NCc2cn(C)c3ccccc23)c(OC)c1. The highest BCUT2D eigenvalue weighted by Crippen LogP contribution is 2.28. The summed E-state index contributed by atoms with van der Waals surface area (Å²) >= 11 is 0. The normalized spacial score (nSPS) is 11.6. The third-order valence-electron chi connectivity index (χ3n) is 4.09. The number of hydrogen-bond acceptors (Lipinski definition) is 4. The van der Waals surface area contributed by atoms with Gasteiger partial charge in [-0.2, -0.15) is 0 Å². The Labute approximate surface area is 147 Å². The van der Waals surface area contributed by atoms with Gasteiger partial charge < -0.3 is 14.0 Å². The van der Waals surface area contributed by atoms with E-state index in [1.807, 2.05) is 42.1 Å². The van der Waals surface area contributed by atoms with Gasteiger partial charge in [-0.3, -0.25) is 0 Å². The first kappa shape index (κ1) is 17.3. The molecule has 0 saturated heterocycles. The lowest BCUT2D eigenvalue weighted by atomic mass is 10.2. The van der Waals surface area contributed by atoms with Gasteiger partial charge in [0, 0.05) is 36.8 Å². The molecule has 25 heavy (non-hydrogen) atoms. The summed E-state index contributed by atoms with van der Waals surface area (Å²) in [5.74, 6) is 0.773. The van der Waals surface area contributed by atoms with Gasteiger partial charge in [-0.1, -0.05) is 18.2 Å². The molecule has 3 aromatic rings. The van der Waals surface area contributed by atoms with E-state index >= 15 is 0 Å². The van der Waals surface area contributed by atoms with Crippen LogP contribution in [0.5, 0.6) is 11.5 Å². The van der Waals surface area contributed by atoms with Crippen molar-refractivity contribution in [2.75, 3.05) is 14.2 Å². The summed E-state index contributed by atoms with van der Waals surface area (Å²) in [6.45, 7) is 0.193. The Kier molecular flexibility index (Phi) is 4.69. The van der Waals surface area contributed by atoms with E-state index in [9.17, 15) is 8.42 Å². The first-order chi connectivity index (χ1) is 12.0. The molecule has 0 atom stereocenters. The Balaban J connectivity index is 1.89. The van der Waals surface area contributed by atoms with Gasteiger partial charge in [0.1, 0.15) is 16.4 Å². The molecule has 1 aromatic heterocycles. The molecule has 6 nitrogen and oxygen atoms in total. The molecule has 0 radical (unpaired) electrons. The largest absolute Gasteiger partial charge is 0.497 e. The number of nitrogens with one attached hydrogen (secondary N) is 1. The topological polar surface area (TPSA) is 69.6 Å². The van der Waals surface area contributed by atoms with Gasteiger partial charge in [-0.05, 0) is 23.8 Å². The average molecular weight is 360 g/mol. The number of hydrogen-bond donors (Lipinski definition) is 1. The number of aromatic nitrogens is 1. The Bertz CT molecular complexity index is 1010. The van der Waals surface area contributed by atoms with Gasteiger partial charge in [0.25, 0.3) is 0 Å². The van der Waals surface area contributed by atoms with Crippen molar-refractivity contribution in [3.05, 3.63) is 54.2 Å². The molecular weight excluding hydrogens is 340 g/mol. The Morgan fingerprint density at radius 3 is 2.56 bits per heavy atom. The van der Waals surface area contributed by atoms with Crippen LogP contribution in [0.3, 0.4) is 0 Å². The number of fused-ring (bicyclic) bond motifs is 1. The molecule has 0 saturated carbocycles. The fraction of sp³-hybridized carbons (Fsp3) is 0.222. The van der Waals surface area contributed by atoms with Crippen LogP contribution >= 0.6 is 0 Å². The van der Waals surface area contributed by atoms with Crippen molar-refractivity contribution in [2.45, 2.75) is 11.4 Å². The number of aryl methyl sites for hydroxylation is 1. The van der Waals surface area contributed by atoms with Crippen LogP contribution in [0.1, 0.15) is 5.56 Å². The summed E-state index contributed by atoms with van der Waals surface area (Å²) in [6.07, 6.45) is 1.93. The number of para-hydroxylation sites is 1. The maximum atomic E-state index is 12.7. The number of methoxy groups -OCH3 is 2. The predicted molar refractivity (Wildman–Crippen MR) is 96.5 cm³/mol. The second kappa shape index (κ2) is 6.78. The molecule has 0 fully saturated rings. The van der Waals surface area contributed by atoms with Crippen LogP contribution in [-0.4, -0.2) is 27.2 Å². The number of rotatable bonds is 6. The highest BCUT2D eigenvalue weighted by Gasteiger charge is 2.20. The van der Waals surface area contributed by atoms with Gasteiger partial charge in [0.2, 0.25) is 10.0 Å². The zero-order valence-electron chi connectivity index (χ0n) is 14.3. The van der Waals surface area contributed by atoms with Gasteiger partial charge in [0.15, 0.2) is 0 Å². The predicted octanol–water partition coefficient (Wildman–Crippen LogP) is 2.67. The number of sulfonamides is 1. The molecule has 0 amide bonds. The average Bonchev–Trinajstić information content (AvgIpc) is 2.96. The van der Waals surface area contributed by atoms with Gasteiger partial charge in [0.05, 0.1) is 14.2 Å². The molecule has 0 unspecified atom stereocenters. The monoisotopic (exact) mass is 360 g/mol. The van der Waals surface area contributed by atoms with E-state index in [2.05, 4.69) is 4.72 Å². The molecular formula is C18H20N2O4S. The van der Waals surface area contributed by atoms with Crippen molar-refractivity contribution < 1.29 is 17.9 Å². The minimum atomic E-state index is -3.73. The first-order valence-corrected chi connectivity index (χ1v) is 9.19. The second-order valence-electron chi connectivity index (χ2n) is 5.62. The lowest BCUT2D eigenvalue weighted by Gasteiger charge is -2.11. The molecule has 0 aliphatic carbocycles. The first-order valence-electron chi connectivity index (χ1n) is 7.71. The van der Waals surface area contributed by atoms with Crippen LogP contribution in [0, 0.1) is 0 Å². The standard InChI is InChI=1S/C18H20N2O4S/c1-20-12-13(15-6-4-5-7-16(15)20)11-19-25(21,22)18-9-8-14(23-2)10-17(18)24-3/h4-10,12,19H,11H2,1-3H3. The second-order valence-corrected chi connectivity index (χ2v) is 7.36. The maximum Gasteiger partial charge on any atom is 0.244 e. The Morgan fingerprint density at radius 1 is 1.08 bits per heavy atom. The highest BCUT2D eigenvalue weighted by molar-refractivity contribution is 7.89. The zero-order chi connectivity index (χ0) is 18.0. The fourth-order valence-corrected chi connectivity index (χ4v) is 3.97. The lowest BCUT2D eigenvalue weighted by Crippen LogP contribution is -2.23. The van der Waals surface area contributed by atoms with Crippen LogP contribution in [-0.2, 0) is 23.6 Å². The molecule has 0 aliphatic rings. The molecule has 1 N–H and O–H groups in total. The van der Waals surface area contributed by atoms with Gasteiger partial charge >= 0.3 is 0 Å². The van der Waals surface area contributed by atoms with Crippen molar-refractivity contribution in [1.29, 1.82) is 0 Å². The van der Waals surface area contributed by atoms with E-state index in [1.54, 1.807) is 12.1 Å². The summed E-state index contributed by atoms with van der Waals surface area (Å²) < 4.78 is 40.3. The van der Waals surface area contributed by atoms with Crippen LogP contribution < -0.4 is 14.2 Å². The molecule has 1 heterocycles. The summed E-state index contributed by atoms with van der Waals surface area (Å²) in [5.41, 5.74) is 1.97. The number of ether oxygens (including phenoxy) is 2.